The van der Waals surface area contributed by atoms with Crippen molar-refractivity contribution in [3.05, 3.63) is 82.9 Å². The predicted octanol–water partition coefficient (Wildman–Crippen LogP) is 3.56. The summed E-state index contributed by atoms with van der Waals surface area (Å²) in [7, 11) is 0. The van der Waals surface area contributed by atoms with E-state index in [1.54, 1.807) is 30.3 Å². The number of hydrogen-bond acceptors (Lipinski definition) is 2. The van der Waals surface area contributed by atoms with Gasteiger partial charge in [0.1, 0.15) is 5.82 Å². The minimum atomic E-state index is -0.322. The van der Waals surface area contributed by atoms with Crippen LogP contribution in [0.3, 0.4) is 0 Å². The summed E-state index contributed by atoms with van der Waals surface area (Å²) in [6.45, 7) is 4.08. The van der Waals surface area contributed by atoms with Crippen LogP contribution in [-0.2, 0) is 6.54 Å². The lowest BCUT2D eigenvalue weighted by atomic mass is 10.1. The minimum Gasteiger partial charge on any atom is -0.348 e. The van der Waals surface area contributed by atoms with Crippen LogP contribution in [0.5, 0.6) is 0 Å². The molecule has 1 amide bonds. The van der Waals surface area contributed by atoms with Gasteiger partial charge in [0.25, 0.3) is 5.91 Å². The van der Waals surface area contributed by atoms with Crippen molar-refractivity contribution in [2.24, 2.45) is 0 Å². The minimum absolute atomic E-state index is 0.157. The first-order chi connectivity index (χ1) is 11.5. The summed E-state index contributed by atoms with van der Waals surface area (Å²) < 4.78 is 15.4. The molecule has 2 aromatic carbocycles. The first kappa shape index (κ1) is 15.9. The van der Waals surface area contributed by atoms with E-state index in [9.17, 15) is 9.18 Å². The molecule has 4 nitrogen and oxygen atoms in total. The highest BCUT2D eigenvalue weighted by molar-refractivity contribution is 5.94. The van der Waals surface area contributed by atoms with Crippen molar-refractivity contribution in [3.8, 4) is 5.69 Å². The van der Waals surface area contributed by atoms with Gasteiger partial charge in [0.15, 0.2) is 0 Å². The number of benzene rings is 2. The molecule has 0 aliphatic rings. The van der Waals surface area contributed by atoms with E-state index in [1.165, 1.54) is 6.07 Å². The molecule has 1 N–H and O–H groups in total. The Bertz CT molecular complexity index is 869. The van der Waals surface area contributed by atoms with Crippen LogP contribution in [0.1, 0.15) is 27.3 Å². The van der Waals surface area contributed by atoms with E-state index < -0.39 is 0 Å². The van der Waals surface area contributed by atoms with Crippen molar-refractivity contribution in [2.75, 3.05) is 0 Å². The third-order valence-corrected chi connectivity index (χ3v) is 3.78. The fraction of sp³-hybridized carbons (Fsp3) is 0.158. The molecule has 1 aromatic heterocycles. The van der Waals surface area contributed by atoms with Gasteiger partial charge in [-0.3, -0.25) is 4.79 Å². The van der Waals surface area contributed by atoms with Gasteiger partial charge in [0.2, 0.25) is 0 Å². The average molecular weight is 323 g/mol. The zero-order valence-corrected chi connectivity index (χ0v) is 13.6. The normalized spacial score (nSPS) is 10.6. The van der Waals surface area contributed by atoms with Crippen LogP contribution in [-0.4, -0.2) is 15.7 Å². The number of halogens is 1. The predicted molar refractivity (Wildman–Crippen MR) is 90.6 cm³/mol. The molecule has 0 aliphatic heterocycles. The summed E-state index contributed by atoms with van der Waals surface area (Å²) in [5.41, 5.74) is 3.86. The molecule has 0 atom stereocenters. The lowest BCUT2D eigenvalue weighted by molar-refractivity contribution is 0.0950. The third-order valence-electron chi connectivity index (χ3n) is 3.78. The number of nitrogens with one attached hydrogen (secondary N) is 1. The van der Waals surface area contributed by atoms with Crippen LogP contribution >= 0.6 is 0 Å². The van der Waals surface area contributed by atoms with Gasteiger partial charge in [-0.05, 0) is 50.2 Å². The Morgan fingerprint density at radius 2 is 1.83 bits per heavy atom. The van der Waals surface area contributed by atoms with Crippen LogP contribution in [0.4, 0.5) is 4.39 Å². The molecule has 122 valence electrons. The SMILES string of the molecule is Cc1cc(C)n(-c2ccc(C(=O)NCc3ccccc3F)cc2)n1. The Labute approximate surface area is 139 Å². The number of aryl methyl sites for hydroxylation is 2. The molecule has 0 radical (unpaired) electrons. The maximum absolute atomic E-state index is 13.6. The Morgan fingerprint density at radius 1 is 1.12 bits per heavy atom. The van der Waals surface area contributed by atoms with Gasteiger partial charge in [-0.1, -0.05) is 18.2 Å². The number of carbonyl (C=O) groups is 1. The molecule has 0 bridgehead atoms. The van der Waals surface area contributed by atoms with Crippen molar-refractivity contribution >= 4 is 5.91 Å². The smallest absolute Gasteiger partial charge is 0.251 e. The number of rotatable bonds is 4. The molecule has 0 fully saturated rings. The molecule has 1 heterocycles. The van der Waals surface area contributed by atoms with Crippen molar-refractivity contribution in [3.63, 3.8) is 0 Å². The number of aromatic nitrogens is 2. The Balaban J connectivity index is 1.70. The Kier molecular flexibility index (Phi) is 4.42. The van der Waals surface area contributed by atoms with Gasteiger partial charge in [-0.25, -0.2) is 9.07 Å². The maximum atomic E-state index is 13.6. The second-order valence-corrected chi connectivity index (χ2v) is 5.66. The van der Waals surface area contributed by atoms with E-state index in [-0.39, 0.29) is 18.3 Å². The van der Waals surface area contributed by atoms with E-state index in [1.807, 2.05) is 36.7 Å². The van der Waals surface area contributed by atoms with Crippen LogP contribution in [0.15, 0.2) is 54.6 Å². The van der Waals surface area contributed by atoms with Gasteiger partial charge < -0.3 is 5.32 Å². The summed E-state index contributed by atoms with van der Waals surface area (Å²) in [6, 6.07) is 15.6. The number of amides is 1. The van der Waals surface area contributed by atoms with Crippen LogP contribution in [0, 0.1) is 19.7 Å². The first-order valence-electron chi connectivity index (χ1n) is 7.70. The summed E-state index contributed by atoms with van der Waals surface area (Å²) in [5, 5.41) is 7.14. The molecule has 0 unspecified atom stereocenters. The lowest BCUT2D eigenvalue weighted by Gasteiger charge is -2.08. The summed E-state index contributed by atoms with van der Waals surface area (Å²) in [4.78, 5) is 12.2. The van der Waals surface area contributed by atoms with Crippen LogP contribution in [0.2, 0.25) is 0 Å². The van der Waals surface area contributed by atoms with Crippen molar-refractivity contribution in [2.45, 2.75) is 20.4 Å². The molecule has 3 rings (SSSR count). The summed E-state index contributed by atoms with van der Waals surface area (Å²) in [5.74, 6) is -0.559. The molecule has 0 saturated carbocycles. The second-order valence-electron chi connectivity index (χ2n) is 5.66. The van der Waals surface area contributed by atoms with Gasteiger partial charge in [-0.15, -0.1) is 0 Å². The van der Waals surface area contributed by atoms with E-state index in [2.05, 4.69) is 10.4 Å². The first-order valence-corrected chi connectivity index (χ1v) is 7.70. The largest absolute Gasteiger partial charge is 0.348 e. The van der Waals surface area contributed by atoms with E-state index in [0.29, 0.717) is 11.1 Å². The molecule has 3 aromatic rings. The van der Waals surface area contributed by atoms with E-state index in [0.717, 1.165) is 17.1 Å². The highest BCUT2D eigenvalue weighted by atomic mass is 19.1. The van der Waals surface area contributed by atoms with Gasteiger partial charge >= 0.3 is 0 Å². The van der Waals surface area contributed by atoms with E-state index in [4.69, 9.17) is 0 Å². The number of nitrogens with zero attached hydrogens (tertiary/aromatic N) is 2. The number of hydrogen-bond donors (Lipinski definition) is 1. The maximum Gasteiger partial charge on any atom is 0.251 e. The van der Waals surface area contributed by atoms with Gasteiger partial charge in [0, 0.05) is 23.4 Å². The zero-order chi connectivity index (χ0) is 17.1. The second kappa shape index (κ2) is 6.66. The van der Waals surface area contributed by atoms with Gasteiger partial charge in [-0.2, -0.15) is 5.10 Å². The fourth-order valence-electron chi connectivity index (χ4n) is 2.56. The highest BCUT2D eigenvalue weighted by Crippen LogP contribution is 2.13. The number of carbonyl (C=O) groups excluding carboxylic acids is 1. The standard InChI is InChI=1S/C19H18FN3O/c1-13-11-14(2)23(22-13)17-9-7-15(8-10-17)19(24)21-12-16-5-3-4-6-18(16)20/h3-11H,12H2,1-2H3,(H,21,24). The lowest BCUT2D eigenvalue weighted by Crippen LogP contribution is -2.23. The van der Waals surface area contributed by atoms with Gasteiger partial charge in [0.05, 0.1) is 11.4 Å². The highest BCUT2D eigenvalue weighted by Gasteiger charge is 2.09. The molecule has 24 heavy (non-hydrogen) atoms. The topological polar surface area (TPSA) is 46.9 Å². The molecule has 0 aliphatic carbocycles. The van der Waals surface area contributed by atoms with Crippen molar-refractivity contribution < 1.29 is 9.18 Å². The Morgan fingerprint density at radius 3 is 2.46 bits per heavy atom. The zero-order valence-electron chi connectivity index (χ0n) is 13.6. The Hall–Kier alpha value is -2.95. The van der Waals surface area contributed by atoms with Crippen LogP contribution in [0.25, 0.3) is 5.69 Å². The van der Waals surface area contributed by atoms with Crippen molar-refractivity contribution in [1.29, 1.82) is 0 Å². The monoisotopic (exact) mass is 323 g/mol. The fourth-order valence-corrected chi connectivity index (χ4v) is 2.56. The average Bonchev–Trinajstić information content (AvgIpc) is 2.92. The molecule has 5 heteroatoms. The third kappa shape index (κ3) is 3.35. The van der Waals surface area contributed by atoms with Crippen molar-refractivity contribution in [1.82, 2.24) is 15.1 Å². The van der Waals surface area contributed by atoms with Crippen LogP contribution < -0.4 is 5.32 Å². The molecular formula is C19H18FN3O. The summed E-state index contributed by atoms with van der Waals surface area (Å²) >= 11 is 0. The molecule has 0 spiro atoms. The molecular weight excluding hydrogens is 305 g/mol. The molecule has 0 saturated heterocycles. The summed E-state index contributed by atoms with van der Waals surface area (Å²) in [6.07, 6.45) is 0. The van der Waals surface area contributed by atoms with E-state index >= 15 is 0 Å². The quantitative estimate of drug-likeness (QED) is 0.798.